The zero-order valence-corrected chi connectivity index (χ0v) is 10.5. The predicted molar refractivity (Wildman–Crippen MR) is 63.6 cm³/mol. The number of hydrogen-bond acceptors (Lipinski definition) is 3. The summed E-state index contributed by atoms with van der Waals surface area (Å²) >= 11 is 6.17. The van der Waals surface area contributed by atoms with E-state index in [2.05, 4.69) is 10.4 Å². The molecule has 0 radical (unpaired) electrons. The Hall–Kier alpha value is -0.580. The van der Waals surface area contributed by atoms with Crippen molar-refractivity contribution in [3.63, 3.8) is 0 Å². The second-order valence-electron chi connectivity index (χ2n) is 4.25. The first-order valence-corrected chi connectivity index (χ1v) is 6.05. The van der Waals surface area contributed by atoms with Crippen molar-refractivity contribution in [3.05, 3.63) is 16.4 Å². The van der Waals surface area contributed by atoms with Gasteiger partial charge in [-0.05, 0) is 19.8 Å². The summed E-state index contributed by atoms with van der Waals surface area (Å²) in [5.74, 6) is 0. The monoisotopic (exact) mass is 243 g/mol. The predicted octanol–water partition coefficient (Wildman–Crippen LogP) is 1.65. The zero-order chi connectivity index (χ0) is 11.5. The van der Waals surface area contributed by atoms with Crippen molar-refractivity contribution < 1.29 is 4.74 Å². The largest absolute Gasteiger partial charge is 0.381 e. The molecule has 2 heterocycles. The highest BCUT2D eigenvalue weighted by Crippen LogP contribution is 2.19. The van der Waals surface area contributed by atoms with Crippen LogP contribution < -0.4 is 5.32 Å². The summed E-state index contributed by atoms with van der Waals surface area (Å²) in [5, 5.41) is 8.54. The number of aromatic nitrogens is 2. The first-order valence-electron chi connectivity index (χ1n) is 5.67. The topological polar surface area (TPSA) is 39.1 Å². The quantitative estimate of drug-likeness (QED) is 0.878. The van der Waals surface area contributed by atoms with Gasteiger partial charge in [-0.3, -0.25) is 4.68 Å². The van der Waals surface area contributed by atoms with E-state index >= 15 is 0 Å². The molecule has 1 saturated heterocycles. The fraction of sp³-hybridized carbons (Fsp3) is 0.727. The van der Waals surface area contributed by atoms with Crippen LogP contribution >= 0.6 is 11.6 Å². The average molecular weight is 244 g/mol. The number of halogens is 1. The number of hydrogen-bond donors (Lipinski definition) is 1. The van der Waals surface area contributed by atoms with Crippen LogP contribution in [0.1, 0.15) is 24.1 Å². The molecule has 0 spiro atoms. The number of ether oxygens (including phenoxy) is 1. The minimum absolute atomic E-state index is 0.546. The maximum Gasteiger partial charge on any atom is 0.131 e. The highest BCUT2D eigenvalue weighted by molar-refractivity contribution is 6.30. The molecule has 5 heteroatoms. The van der Waals surface area contributed by atoms with Crippen molar-refractivity contribution in [1.82, 2.24) is 15.1 Å². The Morgan fingerprint density at radius 3 is 2.75 bits per heavy atom. The van der Waals surface area contributed by atoms with Gasteiger partial charge in [0.1, 0.15) is 5.15 Å². The van der Waals surface area contributed by atoms with Gasteiger partial charge in [0.2, 0.25) is 0 Å². The summed E-state index contributed by atoms with van der Waals surface area (Å²) in [6.45, 7) is 4.50. The molecule has 1 aromatic rings. The molecule has 1 N–H and O–H groups in total. The molecule has 0 atom stereocenters. The van der Waals surface area contributed by atoms with Gasteiger partial charge in [0.15, 0.2) is 0 Å². The van der Waals surface area contributed by atoms with E-state index in [1.54, 1.807) is 4.68 Å². The third-order valence-corrected chi connectivity index (χ3v) is 3.53. The van der Waals surface area contributed by atoms with Crippen LogP contribution in [0.4, 0.5) is 0 Å². The van der Waals surface area contributed by atoms with E-state index in [9.17, 15) is 0 Å². The van der Waals surface area contributed by atoms with Crippen LogP contribution in [-0.2, 0) is 18.3 Å². The van der Waals surface area contributed by atoms with Crippen molar-refractivity contribution in [1.29, 1.82) is 0 Å². The van der Waals surface area contributed by atoms with Gasteiger partial charge in [0, 0.05) is 38.4 Å². The molecule has 0 bridgehead atoms. The third-order valence-electron chi connectivity index (χ3n) is 3.06. The van der Waals surface area contributed by atoms with Gasteiger partial charge in [0.05, 0.1) is 5.69 Å². The fourth-order valence-electron chi connectivity index (χ4n) is 2.02. The Bertz CT molecular complexity index is 358. The van der Waals surface area contributed by atoms with Crippen LogP contribution in [0.25, 0.3) is 0 Å². The van der Waals surface area contributed by atoms with Gasteiger partial charge in [-0.25, -0.2) is 0 Å². The van der Waals surface area contributed by atoms with Crippen molar-refractivity contribution in [2.24, 2.45) is 7.05 Å². The summed E-state index contributed by atoms with van der Waals surface area (Å²) in [6.07, 6.45) is 2.16. The summed E-state index contributed by atoms with van der Waals surface area (Å²) in [4.78, 5) is 0. The van der Waals surface area contributed by atoms with Crippen LogP contribution in [0.3, 0.4) is 0 Å². The van der Waals surface area contributed by atoms with Gasteiger partial charge in [0.25, 0.3) is 0 Å². The maximum absolute atomic E-state index is 6.17. The van der Waals surface area contributed by atoms with Crippen molar-refractivity contribution in [2.75, 3.05) is 13.2 Å². The highest BCUT2D eigenvalue weighted by Gasteiger charge is 2.16. The van der Waals surface area contributed by atoms with E-state index in [4.69, 9.17) is 16.3 Å². The molecule has 4 nitrogen and oxygen atoms in total. The van der Waals surface area contributed by atoms with Gasteiger partial charge in [-0.1, -0.05) is 11.6 Å². The molecule has 1 fully saturated rings. The number of nitrogens with zero attached hydrogens (tertiary/aromatic N) is 2. The average Bonchev–Trinajstić information content (AvgIpc) is 2.53. The van der Waals surface area contributed by atoms with E-state index < -0.39 is 0 Å². The SMILES string of the molecule is Cc1nn(C)c(Cl)c1CNC1CCOCC1. The van der Waals surface area contributed by atoms with Crippen LogP contribution in [-0.4, -0.2) is 29.0 Å². The molecular formula is C11H18ClN3O. The molecule has 1 aliphatic rings. The Balaban J connectivity index is 1.93. The lowest BCUT2D eigenvalue weighted by atomic mass is 10.1. The first kappa shape index (κ1) is 11.9. The molecule has 0 saturated carbocycles. The van der Waals surface area contributed by atoms with Crippen LogP contribution in [0, 0.1) is 6.92 Å². The first-order chi connectivity index (χ1) is 7.68. The minimum Gasteiger partial charge on any atom is -0.381 e. The molecule has 0 aliphatic carbocycles. The van der Waals surface area contributed by atoms with Gasteiger partial charge in [-0.2, -0.15) is 5.10 Å². The highest BCUT2D eigenvalue weighted by atomic mass is 35.5. The number of nitrogens with one attached hydrogen (secondary N) is 1. The van der Waals surface area contributed by atoms with Crippen molar-refractivity contribution in [2.45, 2.75) is 32.4 Å². The van der Waals surface area contributed by atoms with Crippen molar-refractivity contribution in [3.8, 4) is 0 Å². The molecular weight excluding hydrogens is 226 g/mol. The van der Waals surface area contributed by atoms with Gasteiger partial charge < -0.3 is 10.1 Å². The number of rotatable bonds is 3. The second-order valence-corrected chi connectivity index (χ2v) is 4.60. The Kier molecular flexibility index (Phi) is 3.84. The van der Waals surface area contributed by atoms with Crippen LogP contribution in [0.5, 0.6) is 0 Å². The summed E-state index contributed by atoms with van der Waals surface area (Å²) in [5.41, 5.74) is 2.11. The summed E-state index contributed by atoms with van der Waals surface area (Å²) in [6, 6.07) is 0.546. The summed E-state index contributed by atoms with van der Waals surface area (Å²) < 4.78 is 7.04. The van der Waals surface area contributed by atoms with E-state index in [0.29, 0.717) is 6.04 Å². The van der Waals surface area contributed by atoms with E-state index in [0.717, 1.165) is 49.0 Å². The molecule has 1 aliphatic heterocycles. The van der Waals surface area contributed by atoms with Gasteiger partial charge in [-0.15, -0.1) is 0 Å². The Morgan fingerprint density at radius 1 is 1.50 bits per heavy atom. The lowest BCUT2D eigenvalue weighted by Gasteiger charge is -2.23. The molecule has 0 unspecified atom stereocenters. The van der Waals surface area contributed by atoms with Crippen molar-refractivity contribution >= 4 is 11.6 Å². The maximum atomic E-state index is 6.17. The molecule has 90 valence electrons. The van der Waals surface area contributed by atoms with E-state index in [1.807, 2.05) is 14.0 Å². The standard InChI is InChI=1S/C11H18ClN3O/c1-8-10(11(12)15(2)14-8)7-13-9-3-5-16-6-4-9/h9,13H,3-7H2,1-2H3. The van der Waals surface area contributed by atoms with E-state index in [-0.39, 0.29) is 0 Å². The Morgan fingerprint density at radius 2 is 2.19 bits per heavy atom. The fourth-order valence-corrected chi connectivity index (χ4v) is 2.26. The minimum atomic E-state index is 0.546. The molecule has 1 aromatic heterocycles. The lowest BCUT2D eigenvalue weighted by Crippen LogP contribution is -2.34. The Labute approximate surface area is 101 Å². The third kappa shape index (κ3) is 2.56. The molecule has 0 amide bonds. The zero-order valence-electron chi connectivity index (χ0n) is 9.79. The normalized spacial score (nSPS) is 17.9. The van der Waals surface area contributed by atoms with Gasteiger partial charge >= 0.3 is 0 Å². The second kappa shape index (κ2) is 5.17. The number of aryl methyl sites for hydroxylation is 2. The summed E-state index contributed by atoms with van der Waals surface area (Å²) in [7, 11) is 1.87. The smallest absolute Gasteiger partial charge is 0.131 e. The van der Waals surface area contributed by atoms with E-state index in [1.165, 1.54) is 0 Å². The van der Waals surface area contributed by atoms with Crippen LogP contribution in [0.2, 0.25) is 5.15 Å². The molecule has 16 heavy (non-hydrogen) atoms. The molecule has 0 aromatic carbocycles. The van der Waals surface area contributed by atoms with Crippen LogP contribution in [0.15, 0.2) is 0 Å². The lowest BCUT2D eigenvalue weighted by molar-refractivity contribution is 0.0776. The molecule has 2 rings (SSSR count).